The quantitative estimate of drug-likeness (QED) is 0.717. The third-order valence-electron chi connectivity index (χ3n) is 1.90. The highest BCUT2D eigenvalue weighted by Gasteiger charge is 2.21. The van der Waals surface area contributed by atoms with E-state index in [9.17, 15) is 9.59 Å². The van der Waals surface area contributed by atoms with Crippen molar-refractivity contribution in [2.24, 2.45) is 0 Å². The van der Waals surface area contributed by atoms with Crippen LogP contribution >= 0.6 is 0 Å². The molecule has 1 heterocycles. The summed E-state index contributed by atoms with van der Waals surface area (Å²) in [4.78, 5) is 22.0. The number of para-hydroxylation sites is 1. The Kier molecular flexibility index (Phi) is 1.81. The molecule has 4 heteroatoms. The summed E-state index contributed by atoms with van der Waals surface area (Å²) in [5.74, 6) is -1.50. The molecule has 1 aliphatic rings. The summed E-state index contributed by atoms with van der Waals surface area (Å²) in [7, 11) is 0. The predicted octanol–water partition coefficient (Wildman–Crippen LogP) is 1.09. The summed E-state index contributed by atoms with van der Waals surface area (Å²) in [5, 5.41) is 12.5. The van der Waals surface area contributed by atoms with E-state index in [1.165, 1.54) is 0 Å². The molecular formula is C10H6NO3. The smallest absolute Gasteiger partial charge is 0.354 e. The monoisotopic (exact) mass is 188 g/mol. The maximum Gasteiger partial charge on any atom is 0.354 e. The zero-order chi connectivity index (χ0) is 10.1. The topological polar surface area (TPSA) is 68.5 Å². The van der Waals surface area contributed by atoms with Gasteiger partial charge in [0, 0.05) is 11.6 Å². The Morgan fingerprint density at radius 2 is 2.00 bits per heavy atom. The van der Waals surface area contributed by atoms with Crippen LogP contribution in [-0.4, -0.2) is 16.9 Å². The molecule has 0 unspecified atom stereocenters. The van der Waals surface area contributed by atoms with Crippen LogP contribution in [0.4, 0.5) is 5.69 Å². The zero-order valence-corrected chi connectivity index (χ0v) is 7.10. The summed E-state index contributed by atoms with van der Waals surface area (Å²) in [6.45, 7) is 0. The van der Waals surface area contributed by atoms with Crippen LogP contribution in [0.2, 0.25) is 0 Å². The number of benzene rings is 1. The van der Waals surface area contributed by atoms with Crippen LogP contribution in [0.3, 0.4) is 0 Å². The number of hydrogen-bond acceptors (Lipinski definition) is 2. The molecule has 0 spiro atoms. The van der Waals surface area contributed by atoms with E-state index in [4.69, 9.17) is 5.11 Å². The lowest BCUT2D eigenvalue weighted by Gasteiger charge is -2.12. The average Bonchev–Trinajstić information content (AvgIpc) is 2.17. The van der Waals surface area contributed by atoms with E-state index >= 15 is 0 Å². The lowest BCUT2D eigenvalue weighted by Crippen LogP contribution is -2.18. The molecule has 2 rings (SSSR count). The van der Waals surface area contributed by atoms with Gasteiger partial charge < -0.3 is 5.11 Å². The van der Waals surface area contributed by atoms with E-state index in [0.717, 1.165) is 6.08 Å². The van der Waals surface area contributed by atoms with Gasteiger partial charge in [0.25, 0.3) is 0 Å². The molecule has 0 saturated carbocycles. The zero-order valence-electron chi connectivity index (χ0n) is 7.10. The first-order valence-corrected chi connectivity index (χ1v) is 3.98. The van der Waals surface area contributed by atoms with Crippen molar-refractivity contribution in [1.29, 1.82) is 0 Å². The molecule has 0 bridgehead atoms. The molecule has 69 valence electrons. The number of nitrogens with zero attached hydrogens (tertiary/aromatic N) is 1. The number of hydrogen-bond donors (Lipinski definition) is 1. The molecule has 1 aromatic rings. The van der Waals surface area contributed by atoms with Gasteiger partial charge in [-0.05, 0) is 12.1 Å². The van der Waals surface area contributed by atoms with E-state index in [1.807, 2.05) is 0 Å². The number of carboxylic acid groups (broad SMARTS) is 1. The van der Waals surface area contributed by atoms with Crippen molar-refractivity contribution in [3.63, 3.8) is 0 Å². The predicted molar refractivity (Wildman–Crippen MR) is 48.3 cm³/mol. The lowest BCUT2D eigenvalue weighted by atomic mass is 10.0. The fraction of sp³-hybridized carbons (Fsp3) is 0. The summed E-state index contributed by atoms with van der Waals surface area (Å²) < 4.78 is 0. The molecule has 14 heavy (non-hydrogen) atoms. The number of carbonyl (C=O) groups excluding carboxylic acids is 1. The fourth-order valence-electron chi connectivity index (χ4n) is 1.25. The van der Waals surface area contributed by atoms with Gasteiger partial charge in [0.2, 0.25) is 0 Å². The van der Waals surface area contributed by atoms with Crippen LogP contribution in [0, 0.1) is 0 Å². The van der Waals surface area contributed by atoms with Crippen LogP contribution in [-0.2, 0) is 4.79 Å². The third-order valence-corrected chi connectivity index (χ3v) is 1.90. The number of allylic oxidation sites excluding steroid dienone is 1. The van der Waals surface area contributed by atoms with Gasteiger partial charge in [-0.2, -0.15) is 0 Å². The first-order valence-electron chi connectivity index (χ1n) is 3.98. The SMILES string of the molecule is O=C(O)C1=CC(=O)c2ccccc2[N]1. The summed E-state index contributed by atoms with van der Waals surface area (Å²) >= 11 is 0. The summed E-state index contributed by atoms with van der Waals surface area (Å²) in [6, 6.07) is 6.66. The minimum atomic E-state index is -1.19. The molecule has 4 nitrogen and oxygen atoms in total. The van der Waals surface area contributed by atoms with E-state index in [1.54, 1.807) is 24.3 Å². The lowest BCUT2D eigenvalue weighted by molar-refractivity contribution is -0.133. The molecule has 0 atom stereocenters. The van der Waals surface area contributed by atoms with E-state index in [-0.39, 0.29) is 11.5 Å². The Bertz CT molecular complexity index is 448. The maximum absolute atomic E-state index is 11.4. The molecule has 0 amide bonds. The molecule has 0 aromatic heterocycles. The highest BCUT2D eigenvalue weighted by molar-refractivity contribution is 6.13. The van der Waals surface area contributed by atoms with Gasteiger partial charge in [0.1, 0.15) is 0 Å². The summed E-state index contributed by atoms with van der Waals surface area (Å²) in [5.41, 5.74) is 0.642. The molecule has 1 aliphatic heterocycles. The number of rotatable bonds is 1. The second kappa shape index (κ2) is 2.99. The first-order chi connectivity index (χ1) is 6.68. The highest BCUT2D eigenvalue weighted by atomic mass is 16.4. The number of carbonyl (C=O) groups is 2. The van der Waals surface area contributed by atoms with Crippen LogP contribution in [0.5, 0.6) is 0 Å². The number of fused-ring (bicyclic) bond motifs is 1. The van der Waals surface area contributed by atoms with Crippen LogP contribution in [0.25, 0.3) is 0 Å². The van der Waals surface area contributed by atoms with Crippen molar-refractivity contribution in [2.75, 3.05) is 0 Å². The molecule has 1 aromatic carbocycles. The number of carboxylic acids is 1. The fourth-order valence-corrected chi connectivity index (χ4v) is 1.25. The van der Waals surface area contributed by atoms with E-state index in [0.29, 0.717) is 11.3 Å². The second-order valence-electron chi connectivity index (χ2n) is 2.83. The molecule has 0 aliphatic carbocycles. The van der Waals surface area contributed by atoms with Gasteiger partial charge in [-0.1, -0.05) is 12.1 Å². The average molecular weight is 188 g/mol. The van der Waals surface area contributed by atoms with Gasteiger partial charge in [-0.25, -0.2) is 10.1 Å². The standard InChI is InChI=1S/C10H6NO3/c12-9-5-8(10(13)14)11-7-4-2-1-3-6(7)9/h1-5H,(H,13,14). The van der Waals surface area contributed by atoms with Crippen molar-refractivity contribution in [1.82, 2.24) is 5.32 Å². The minimum absolute atomic E-state index is 0.214. The highest BCUT2D eigenvalue weighted by Crippen LogP contribution is 2.22. The molecule has 0 fully saturated rings. The van der Waals surface area contributed by atoms with Gasteiger partial charge in [0.15, 0.2) is 11.5 Å². The van der Waals surface area contributed by atoms with Crippen molar-refractivity contribution in [3.8, 4) is 0 Å². The Hall–Kier alpha value is -2.10. The molecule has 1 N–H and O–H groups in total. The largest absolute Gasteiger partial charge is 0.477 e. The van der Waals surface area contributed by atoms with Crippen molar-refractivity contribution in [3.05, 3.63) is 41.6 Å². The maximum atomic E-state index is 11.4. The Balaban J connectivity index is 2.48. The third kappa shape index (κ3) is 1.26. The molecule has 0 saturated heterocycles. The van der Waals surface area contributed by atoms with E-state index in [2.05, 4.69) is 5.32 Å². The van der Waals surface area contributed by atoms with Gasteiger partial charge in [0.05, 0.1) is 5.69 Å². The molecular weight excluding hydrogens is 182 g/mol. The Labute approximate surface area is 79.9 Å². The number of ketones is 1. The van der Waals surface area contributed by atoms with E-state index < -0.39 is 5.97 Å². The van der Waals surface area contributed by atoms with Gasteiger partial charge in [-0.15, -0.1) is 0 Å². The van der Waals surface area contributed by atoms with Gasteiger partial charge >= 0.3 is 5.97 Å². The number of aliphatic carboxylic acids is 1. The molecule has 1 radical (unpaired) electrons. The van der Waals surface area contributed by atoms with Crippen molar-refractivity contribution < 1.29 is 14.7 Å². The normalized spacial score (nSPS) is 14.0. The minimum Gasteiger partial charge on any atom is -0.477 e. The first kappa shape index (κ1) is 8.50. The second-order valence-corrected chi connectivity index (χ2v) is 2.83. The Morgan fingerprint density at radius 3 is 2.71 bits per heavy atom. The Morgan fingerprint density at radius 1 is 1.29 bits per heavy atom. The van der Waals surface area contributed by atoms with Crippen LogP contribution in [0.1, 0.15) is 10.4 Å². The van der Waals surface area contributed by atoms with Crippen LogP contribution < -0.4 is 5.32 Å². The van der Waals surface area contributed by atoms with Crippen molar-refractivity contribution >= 4 is 17.4 Å². The van der Waals surface area contributed by atoms with Gasteiger partial charge in [-0.3, -0.25) is 4.79 Å². The summed E-state index contributed by atoms with van der Waals surface area (Å²) in [6.07, 6.45) is 1.03. The van der Waals surface area contributed by atoms with Crippen molar-refractivity contribution in [2.45, 2.75) is 0 Å². The van der Waals surface area contributed by atoms with Crippen LogP contribution in [0.15, 0.2) is 36.0 Å².